The molecule has 28 heavy (non-hydrogen) atoms. The van der Waals surface area contributed by atoms with Crippen molar-refractivity contribution in [2.45, 2.75) is 6.92 Å². The maximum atomic E-state index is 11.9. The number of ether oxygens (including phenoxy) is 1. The molecule has 0 saturated carbocycles. The number of hydrogen-bond donors (Lipinski definition) is 1. The van der Waals surface area contributed by atoms with Gasteiger partial charge in [-0.05, 0) is 61.0 Å². The number of nitrogens with one attached hydrogen (secondary N) is 1. The van der Waals surface area contributed by atoms with Gasteiger partial charge in [0.25, 0.3) is 0 Å². The van der Waals surface area contributed by atoms with Crippen molar-refractivity contribution < 1.29 is 18.7 Å². The van der Waals surface area contributed by atoms with E-state index >= 15 is 0 Å². The summed E-state index contributed by atoms with van der Waals surface area (Å²) >= 11 is 0. The maximum Gasteiger partial charge on any atom is 0.379 e. The van der Waals surface area contributed by atoms with Gasteiger partial charge < -0.3 is 14.5 Å². The number of hydrogen-bond acceptors (Lipinski definition) is 6. The van der Waals surface area contributed by atoms with Gasteiger partial charge >= 0.3 is 5.97 Å². The van der Waals surface area contributed by atoms with Crippen LogP contribution in [0.15, 0.2) is 76.3 Å². The van der Waals surface area contributed by atoms with E-state index in [9.17, 15) is 9.59 Å². The second-order valence-corrected chi connectivity index (χ2v) is 6.16. The summed E-state index contributed by atoms with van der Waals surface area (Å²) in [5.41, 5.74) is 2.88. The molecule has 0 radical (unpaired) electrons. The smallest absolute Gasteiger partial charge is 0.379 e. The highest BCUT2D eigenvalue weighted by atomic mass is 16.5. The number of benzene rings is 2. The average Bonchev–Trinajstić information content (AvgIpc) is 3.24. The van der Waals surface area contributed by atoms with E-state index in [1.165, 1.54) is 17.9 Å². The molecule has 0 amide bonds. The topological polar surface area (TPSA) is 80.9 Å². The van der Waals surface area contributed by atoms with Crippen LogP contribution in [0, 0.1) is 6.92 Å². The first-order valence-electron chi connectivity index (χ1n) is 8.78. The fourth-order valence-corrected chi connectivity index (χ4v) is 2.35. The van der Waals surface area contributed by atoms with Crippen molar-refractivity contribution in [3.8, 4) is 5.75 Å². The molecule has 6 heteroatoms. The number of esters is 1. The van der Waals surface area contributed by atoms with Gasteiger partial charge in [-0.3, -0.25) is 9.79 Å². The lowest BCUT2D eigenvalue weighted by molar-refractivity contribution is -0.116. The molecule has 0 saturated heterocycles. The van der Waals surface area contributed by atoms with Crippen molar-refractivity contribution in [2.75, 3.05) is 18.4 Å². The number of aryl methyl sites for hydroxylation is 1. The van der Waals surface area contributed by atoms with Crippen LogP contribution in [0.5, 0.6) is 5.75 Å². The molecule has 6 nitrogen and oxygen atoms in total. The maximum absolute atomic E-state index is 11.9. The Kier molecular flexibility index (Phi) is 6.36. The van der Waals surface area contributed by atoms with Crippen molar-refractivity contribution in [1.29, 1.82) is 0 Å². The Bertz CT molecular complexity index is 943. The van der Waals surface area contributed by atoms with Crippen LogP contribution < -0.4 is 10.1 Å². The third-order valence-electron chi connectivity index (χ3n) is 3.86. The molecule has 1 aromatic heterocycles. The van der Waals surface area contributed by atoms with E-state index in [-0.39, 0.29) is 24.6 Å². The molecule has 0 spiro atoms. The van der Waals surface area contributed by atoms with Crippen LogP contribution in [0.4, 0.5) is 5.69 Å². The molecule has 3 aromatic rings. The minimum absolute atomic E-state index is 0.0131. The molecule has 0 aliphatic heterocycles. The van der Waals surface area contributed by atoms with Gasteiger partial charge in [-0.2, -0.15) is 0 Å². The molecule has 0 atom stereocenters. The molecular weight excluding hydrogens is 356 g/mol. The largest absolute Gasteiger partial charge is 0.457 e. The Morgan fingerprint density at radius 3 is 2.50 bits per heavy atom. The van der Waals surface area contributed by atoms with E-state index < -0.39 is 5.97 Å². The molecule has 2 aromatic carbocycles. The summed E-state index contributed by atoms with van der Waals surface area (Å²) in [6.07, 6.45) is 3.02. The third kappa shape index (κ3) is 5.67. The molecule has 0 bridgehead atoms. The summed E-state index contributed by atoms with van der Waals surface area (Å²) in [6, 6.07) is 17.8. The van der Waals surface area contributed by atoms with Crippen molar-refractivity contribution in [1.82, 2.24) is 0 Å². The minimum Gasteiger partial charge on any atom is -0.457 e. The number of aliphatic imine (C=N–C) groups is 1. The number of nitrogens with zero attached hydrogens (tertiary/aromatic N) is 1. The summed E-state index contributed by atoms with van der Waals surface area (Å²) in [7, 11) is 0. The first-order valence-corrected chi connectivity index (χ1v) is 8.78. The number of Topliss-reactive ketones (excluding diaryl/α,β-unsaturated/α-hetero) is 1. The van der Waals surface area contributed by atoms with Crippen LogP contribution in [0.25, 0.3) is 0 Å². The van der Waals surface area contributed by atoms with Gasteiger partial charge in [0.1, 0.15) is 5.75 Å². The summed E-state index contributed by atoms with van der Waals surface area (Å²) in [6.45, 7) is 2.33. The van der Waals surface area contributed by atoms with Gasteiger partial charge in [-0.1, -0.05) is 17.7 Å². The normalized spacial score (nSPS) is 10.8. The number of furan rings is 1. The zero-order valence-corrected chi connectivity index (χ0v) is 15.4. The monoisotopic (exact) mass is 376 g/mol. The fourth-order valence-electron chi connectivity index (χ4n) is 2.35. The molecule has 0 aliphatic rings. The lowest BCUT2D eigenvalue weighted by atomic mass is 10.2. The van der Waals surface area contributed by atoms with E-state index in [0.29, 0.717) is 5.75 Å². The molecule has 1 heterocycles. The fraction of sp³-hybridized carbons (Fsp3) is 0.136. The molecule has 0 aliphatic carbocycles. The highest BCUT2D eigenvalue weighted by Gasteiger charge is 2.10. The van der Waals surface area contributed by atoms with E-state index in [4.69, 9.17) is 9.15 Å². The van der Waals surface area contributed by atoms with Crippen LogP contribution >= 0.6 is 0 Å². The predicted octanol–water partition coefficient (Wildman–Crippen LogP) is 3.91. The highest BCUT2D eigenvalue weighted by Crippen LogP contribution is 2.14. The summed E-state index contributed by atoms with van der Waals surface area (Å²) < 4.78 is 10.2. The summed E-state index contributed by atoms with van der Waals surface area (Å²) in [5, 5.41) is 3.08. The van der Waals surface area contributed by atoms with Crippen molar-refractivity contribution >= 4 is 23.7 Å². The average molecular weight is 376 g/mol. The number of ketones is 1. The standard InChI is InChI=1S/C22H20N2O4/c1-16-4-8-18(9-5-16)24-15-19(25)14-23-13-17-6-10-20(11-7-17)28-22(26)21-3-2-12-27-21/h2-13,24H,14-15H2,1H3/b23-13-. The Hall–Kier alpha value is -3.67. The van der Waals surface area contributed by atoms with Crippen LogP contribution in [0.3, 0.4) is 0 Å². The van der Waals surface area contributed by atoms with Gasteiger partial charge in [0.05, 0.1) is 19.4 Å². The van der Waals surface area contributed by atoms with Crippen LogP contribution in [0.1, 0.15) is 21.7 Å². The number of carbonyl (C=O) groups is 2. The van der Waals surface area contributed by atoms with Crippen LogP contribution in [-0.4, -0.2) is 31.1 Å². The molecule has 1 N–H and O–H groups in total. The summed E-state index contributed by atoms with van der Waals surface area (Å²) in [5.74, 6) is -0.0285. The lowest BCUT2D eigenvalue weighted by Gasteiger charge is -2.04. The van der Waals surface area contributed by atoms with Gasteiger partial charge in [-0.15, -0.1) is 0 Å². The molecule has 3 rings (SSSR count). The molecular formula is C22H20N2O4. The predicted molar refractivity (Wildman–Crippen MR) is 107 cm³/mol. The number of carbonyl (C=O) groups excluding carboxylic acids is 2. The van der Waals surface area contributed by atoms with Crippen molar-refractivity contribution in [3.05, 3.63) is 83.8 Å². The number of rotatable bonds is 8. The van der Waals surface area contributed by atoms with E-state index in [1.807, 2.05) is 31.2 Å². The Morgan fingerprint density at radius 1 is 1.07 bits per heavy atom. The third-order valence-corrected chi connectivity index (χ3v) is 3.86. The van der Waals surface area contributed by atoms with Gasteiger partial charge in [0, 0.05) is 11.9 Å². The highest BCUT2D eigenvalue weighted by molar-refractivity contribution is 5.89. The SMILES string of the molecule is Cc1ccc(NCC(=O)C/N=C\c2ccc(OC(=O)c3ccco3)cc2)cc1. The molecule has 0 fully saturated rings. The first kappa shape index (κ1) is 19.1. The first-order chi connectivity index (χ1) is 13.6. The Morgan fingerprint density at radius 2 is 1.82 bits per heavy atom. The van der Waals surface area contributed by atoms with Crippen LogP contribution in [0.2, 0.25) is 0 Å². The van der Waals surface area contributed by atoms with E-state index in [1.54, 1.807) is 36.5 Å². The van der Waals surface area contributed by atoms with Crippen molar-refractivity contribution in [3.63, 3.8) is 0 Å². The second kappa shape index (κ2) is 9.32. The zero-order chi connectivity index (χ0) is 19.8. The van der Waals surface area contributed by atoms with Gasteiger partial charge in [-0.25, -0.2) is 4.79 Å². The Balaban J connectivity index is 1.44. The minimum atomic E-state index is -0.557. The molecule has 142 valence electrons. The quantitative estimate of drug-likeness (QED) is 0.366. The van der Waals surface area contributed by atoms with E-state index in [0.717, 1.165) is 11.3 Å². The Labute approximate surface area is 162 Å². The number of anilines is 1. The van der Waals surface area contributed by atoms with Gasteiger partial charge in [0.15, 0.2) is 5.78 Å². The second-order valence-electron chi connectivity index (χ2n) is 6.16. The van der Waals surface area contributed by atoms with E-state index in [2.05, 4.69) is 10.3 Å². The zero-order valence-electron chi connectivity index (χ0n) is 15.4. The van der Waals surface area contributed by atoms with Crippen LogP contribution in [-0.2, 0) is 4.79 Å². The summed E-state index contributed by atoms with van der Waals surface area (Å²) in [4.78, 5) is 27.9. The molecule has 0 unspecified atom stereocenters. The van der Waals surface area contributed by atoms with Gasteiger partial charge in [0.2, 0.25) is 5.76 Å². The lowest BCUT2D eigenvalue weighted by Crippen LogP contribution is -2.16. The van der Waals surface area contributed by atoms with Crippen molar-refractivity contribution in [2.24, 2.45) is 4.99 Å².